The topological polar surface area (TPSA) is 70.0 Å². The zero-order valence-corrected chi connectivity index (χ0v) is 9.76. The summed E-state index contributed by atoms with van der Waals surface area (Å²) in [5.41, 5.74) is 0. The van der Waals surface area contributed by atoms with Crippen molar-refractivity contribution in [1.29, 1.82) is 0 Å². The maximum Gasteiger partial charge on any atom is 0.306 e. The number of piperidine rings is 1. The molecule has 2 N–H and O–H groups in total. The highest BCUT2D eigenvalue weighted by Crippen LogP contribution is 2.14. The highest BCUT2D eigenvalue weighted by atomic mass is 16.5. The van der Waals surface area contributed by atoms with Crippen molar-refractivity contribution in [3.05, 3.63) is 0 Å². The first-order valence-corrected chi connectivity index (χ1v) is 5.85. The smallest absolute Gasteiger partial charge is 0.306 e. The summed E-state index contributed by atoms with van der Waals surface area (Å²) in [6.45, 7) is 4.93. The maximum absolute atomic E-state index is 10.4. The van der Waals surface area contributed by atoms with Crippen molar-refractivity contribution in [1.82, 2.24) is 4.90 Å². The minimum Gasteiger partial charge on any atom is -0.481 e. The molecule has 1 fully saturated rings. The number of ether oxygens (including phenoxy) is 1. The van der Waals surface area contributed by atoms with Gasteiger partial charge in [-0.3, -0.25) is 4.79 Å². The van der Waals surface area contributed by atoms with Gasteiger partial charge in [0.1, 0.15) is 0 Å². The minimum absolute atomic E-state index is 0.175. The molecular formula is C11H21NO4. The van der Waals surface area contributed by atoms with Crippen LogP contribution in [-0.2, 0) is 9.53 Å². The zero-order valence-electron chi connectivity index (χ0n) is 9.76. The van der Waals surface area contributed by atoms with Crippen LogP contribution in [0.2, 0.25) is 0 Å². The Labute approximate surface area is 96.0 Å². The van der Waals surface area contributed by atoms with E-state index in [0.717, 1.165) is 32.5 Å². The van der Waals surface area contributed by atoms with Gasteiger partial charge in [-0.2, -0.15) is 0 Å². The lowest BCUT2D eigenvalue weighted by Crippen LogP contribution is -2.41. The van der Waals surface area contributed by atoms with Gasteiger partial charge in [-0.15, -0.1) is 0 Å². The first-order valence-electron chi connectivity index (χ1n) is 5.85. The highest BCUT2D eigenvalue weighted by Gasteiger charge is 2.21. The Morgan fingerprint density at radius 2 is 2.12 bits per heavy atom. The number of hydrogen-bond acceptors (Lipinski definition) is 4. The van der Waals surface area contributed by atoms with Crippen LogP contribution in [0.5, 0.6) is 0 Å². The summed E-state index contributed by atoms with van der Waals surface area (Å²) in [6.07, 6.45) is 1.33. The number of likely N-dealkylation sites (tertiary alicyclic amines) is 1. The Morgan fingerprint density at radius 3 is 2.62 bits per heavy atom. The number of aliphatic hydroxyl groups is 1. The average Bonchev–Trinajstić information content (AvgIpc) is 2.20. The van der Waals surface area contributed by atoms with Crippen LogP contribution in [-0.4, -0.2) is 59.5 Å². The molecular weight excluding hydrogens is 210 g/mol. The highest BCUT2D eigenvalue weighted by molar-refractivity contribution is 5.67. The van der Waals surface area contributed by atoms with Crippen molar-refractivity contribution in [2.75, 3.05) is 26.2 Å². The number of rotatable bonds is 6. The Hall–Kier alpha value is -0.650. The van der Waals surface area contributed by atoms with Crippen LogP contribution in [0, 0.1) is 0 Å². The molecule has 0 amide bonds. The van der Waals surface area contributed by atoms with E-state index < -0.39 is 12.1 Å². The van der Waals surface area contributed by atoms with E-state index >= 15 is 0 Å². The summed E-state index contributed by atoms with van der Waals surface area (Å²) in [4.78, 5) is 12.5. The fraction of sp³-hybridized carbons (Fsp3) is 0.909. The molecule has 0 aliphatic carbocycles. The van der Waals surface area contributed by atoms with Crippen LogP contribution in [0.3, 0.4) is 0 Å². The predicted molar refractivity (Wildman–Crippen MR) is 59.3 cm³/mol. The molecule has 1 aliphatic heterocycles. The van der Waals surface area contributed by atoms with Crippen molar-refractivity contribution < 1.29 is 19.7 Å². The predicted octanol–water partition coefficient (Wildman–Crippen LogP) is 0.323. The van der Waals surface area contributed by atoms with E-state index in [9.17, 15) is 9.90 Å². The Balaban J connectivity index is 2.18. The van der Waals surface area contributed by atoms with E-state index in [2.05, 4.69) is 4.90 Å². The Morgan fingerprint density at radius 1 is 1.50 bits per heavy atom. The van der Waals surface area contributed by atoms with Gasteiger partial charge in [0, 0.05) is 26.2 Å². The molecule has 0 aromatic rings. The van der Waals surface area contributed by atoms with Gasteiger partial charge < -0.3 is 19.8 Å². The second-order valence-corrected chi connectivity index (χ2v) is 4.21. The van der Waals surface area contributed by atoms with Crippen LogP contribution >= 0.6 is 0 Å². The molecule has 1 heterocycles. The Bertz CT molecular complexity index is 214. The number of aliphatic hydroxyl groups excluding tert-OH is 1. The van der Waals surface area contributed by atoms with E-state index in [1.54, 1.807) is 0 Å². The van der Waals surface area contributed by atoms with Crippen LogP contribution < -0.4 is 0 Å². The molecule has 16 heavy (non-hydrogen) atoms. The largest absolute Gasteiger partial charge is 0.481 e. The summed E-state index contributed by atoms with van der Waals surface area (Å²) < 4.78 is 5.52. The number of carboxylic acids is 1. The fourth-order valence-corrected chi connectivity index (χ4v) is 2.06. The number of nitrogens with zero attached hydrogens (tertiary/aromatic N) is 1. The third kappa shape index (κ3) is 4.92. The summed E-state index contributed by atoms with van der Waals surface area (Å²) in [7, 11) is 0. The van der Waals surface area contributed by atoms with Crippen LogP contribution in [0.4, 0.5) is 0 Å². The molecule has 0 aromatic carbocycles. The molecule has 5 nitrogen and oxygen atoms in total. The van der Waals surface area contributed by atoms with E-state index in [1.165, 1.54) is 0 Å². The van der Waals surface area contributed by atoms with E-state index in [4.69, 9.17) is 9.84 Å². The van der Waals surface area contributed by atoms with E-state index in [0.29, 0.717) is 12.6 Å². The van der Waals surface area contributed by atoms with Gasteiger partial charge in [-0.25, -0.2) is 0 Å². The molecule has 1 saturated heterocycles. The number of aliphatic carboxylic acids is 1. The van der Waals surface area contributed by atoms with Gasteiger partial charge in [0.25, 0.3) is 0 Å². The molecule has 94 valence electrons. The fourth-order valence-electron chi connectivity index (χ4n) is 2.06. The number of β-amino-alcohol motifs (C(OH)–C–C–N with tert-alkyl or cyclic N) is 1. The first kappa shape index (κ1) is 13.4. The normalized spacial score (nSPS) is 20.9. The molecule has 5 heteroatoms. The van der Waals surface area contributed by atoms with Gasteiger partial charge in [0.15, 0.2) is 0 Å². The lowest BCUT2D eigenvalue weighted by atomic mass is 10.1. The number of carboxylic acid groups (broad SMARTS) is 1. The van der Waals surface area contributed by atoms with Crippen LogP contribution in [0.1, 0.15) is 26.2 Å². The summed E-state index contributed by atoms with van der Waals surface area (Å²) >= 11 is 0. The minimum atomic E-state index is -0.947. The maximum atomic E-state index is 10.4. The third-order valence-electron chi connectivity index (χ3n) is 2.82. The molecule has 1 atom stereocenters. The van der Waals surface area contributed by atoms with Crippen LogP contribution in [0.15, 0.2) is 0 Å². The van der Waals surface area contributed by atoms with Gasteiger partial charge in [0.2, 0.25) is 0 Å². The van der Waals surface area contributed by atoms with Crippen molar-refractivity contribution in [3.8, 4) is 0 Å². The van der Waals surface area contributed by atoms with E-state index in [-0.39, 0.29) is 6.42 Å². The standard InChI is InChI=1S/C11H21NO4/c1-2-16-10-3-5-12(6-4-10)8-9(13)7-11(14)15/h9-10,13H,2-8H2,1H3,(H,14,15). The quantitative estimate of drug-likeness (QED) is 0.689. The summed E-state index contributed by atoms with van der Waals surface area (Å²) in [5, 5.41) is 18.0. The molecule has 1 unspecified atom stereocenters. The Kier molecular flexibility index (Phi) is 5.73. The lowest BCUT2D eigenvalue weighted by molar-refractivity contribution is -0.139. The van der Waals surface area contributed by atoms with Crippen molar-refractivity contribution in [2.45, 2.75) is 38.4 Å². The molecule has 0 spiro atoms. The molecule has 0 saturated carbocycles. The monoisotopic (exact) mass is 231 g/mol. The molecule has 0 radical (unpaired) electrons. The van der Waals surface area contributed by atoms with E-state index in [1.807, 2.05) is 6.92 Å². The van der Waals surface area contributed by atoms with Crippen molar-refractivity contribution >= 4 is 5.97 Å². The van der Waals surface area contributed by atoms with Gasteiger partial charge >= 0.3 is 5.97 Å². The van der Waals surface area contributed by atoms with Gasteiger partial charge in [-0.05, 0) is 19.8 Å². The third-order valence-corrected chi connectivity index (χ3v) is 2.82. The second-order valence-electron chi connectivity index (χ2n) is 4.21. The second kappa shape index (κ2) is 6.83. The molecule has 0 aromatic heterocycles. The number of carbonyl (C=O) groups is 1. The zero-order chi connectivity index (χ0) is 12.0. The summed E-state index contributed by atoms with van der Waals surface area (Å²) in [5.74, 6) is -0.947. The van der Waals surface area contributed by atoms with Gasteiger partial charge in [0.05, 0.1) is 18.6 Å². The number of hydrogen-bond donors (Lipinski definition) is 2. The first-order chi connectivity index (χ1) is 7.61. The summed E-state index contributed by atoms with van der Waals surface area (Å²) in [6, 6.07) is 0. The van der Waals surface area contributed by atoms with Crippen LogP contribution in [0.25, 0.3) is 0 Å². The molecule has 1 rings (SSSR count). The molecule has 1 aliphatic rings. The molecule has 0 bridgehead atoms. The van der Waals surface area contributed by atoms with Crippen molar-refractivity contribution in [3.63, 3.8) is 0 Å². The lowest BCUT2D eigenvalue weighted by Gasteiger charge is -2.32. The average molecular weight is 231 g/mol. The SMILES string of the molecule is CCOC1CCN(CC(O)CC(=O)O)CC1. The van der Waals surface area contributed by atoms with Gasteiger partial charge in [-0.1, -0.05) is 0 Å². The van der Waals surface area contributed by atoms with Crippen molar-refractivity contribution in [2.24, 2.45) is 0 Å².